The number of carbonyl (C=O) groups is 1. The highest BCUT2D eigenvalue weighted by Crippen LogP contribution is 2.07. The summed E-state index contributed by atoms with van der Waals surface area (Å²) in [5.41, 5.74) is 1.65. The van der Waals surface area contributed by atoms with Gasteiger partial charge >= 0.3 is 5.97 Å². The van der Waals surface area contributed by atoms with Crippen molar-refractivity contribution in [2.45, 2.75) is 26.2 Å². The summed E-state index contributed by atoms with van der Waals surface area (Å²) in [7, 11) is 0. The van der Waals surface area contributed by atoms with Gasteiger partial charge in [0.2, 0.25) is 0 Å². The van der Waals surface area contributed by atoms with Gasteiger partial charge in [-0.2, -0.15) is 0 Å². The van der Waals surface area contributed by atoms with Gasteiger partial charge in [-0.1, -0.05) is 25.5 Å². The zero-order valence-corrected chi connectivity index (χ0v) is 7.75. The Labute approximate surface area is 79.7 Å². The lowest BCUT2D eigenvalue weighted by Gasteiger charge is -1.99. The van der Waals surface area contributed by atoms with Crippen LogP contribution in [0.3, 0.4) is 0 Å². The summed E-state index contributed by atoms with van der Waals surface area (Å²) in [6.07, 6.45) is 3.35. The van der Waals surface area contributed by atoms with Gasteiger partial charge in [0.15, 0.2) is 0 Å². The molecule has 0 heterocycles. The van der Waals surface area contributed by atoms with E-state index in [1.165, 1.54) is 5.56 Å². The summed E-state index contributed by atoms with van der Waals surface area (Å²) in [5, 5.41) is 3.87. The summed E-state index contributed by atoms with van der Waals surface area (Å²) < 4.78 is 6.46. The third-order valence-electron chi connectivity index (χ3n) is 2.01. The molecular formula is C11H14O2. The first kappa shape index (κ1) is 8.30. The van der Waals surface area contributed by atoms with Crippen molar-refractivity contribution in [3.63, 3.8) is 0 Å². The lowest BCUT2D eigenvalue weighted by Crippen LogP contribution is -1.95. The third kappa shape index (κ3) is 2.90. The molecule has 0 bridgehead atoms. The molecule has 1 N–H and O–H groups in total. The van der Waals surface area contributed by atoms with Gasteiger partial charge in [0.05, 0.1) is 5.56 Å². The van der Waals surface area contributed by atoms with Crippen LogP contribution in [-0.4, -0.2) is 11.1 Å². The molecule has 13 heavy (non-hydrogen) atoms. The monoisotopic (exact) mass is 179 g/mol. The molecule has 0 aliphatic carbocycles. The molecule has 0 unspecified atom stereocenters. The number of aromatic carboxylic acids is 1. The Morgan fingerprint density at radius 3 is 2.69 bits per heavy atom. The lowest BCUT2D eigenvalue weighted by molar-refractivity contribution is 0.0697. The predicted molar refractivity (Wildman–Crippen MR) is 52.0 cm³/mol. The summed E-state index contributed by atoms with van der Waals surface area (Å²) in [4.78, 5) is 10.9. The molecule has 0 saturated carbocycles. The van der Waals surface area contributed by atoms with E-state index < -0.39 is 5.97 Å². The van der Waals surface area contributed by atoms with E-state index >= 15 is 0 Å². The van der Waals surface area contributed by atoms with Crippen LogP contribution in [0.1, 0.15) is 35.7 Å². The van der Waals surface area contributed by atoms with Crippen molar-refractivity contribution >= 4 is 5.97 Å². The highest BCUT2D eigenvalue weighted by atomic mass is 16.4. The highest BCUT2D eigenvalue weighted by molar-refractivity contribution is 5.87. The predicted octanol–water partition coefficient (Wildman–Crippen LogP) is 2.73. The maximum atomic E-state index is 10.9. The maximum Gasteiger partial charge on any atom is 0.335 e. The van der Waals surface area contributed by atoms with E-state index in [9.17, 15) is 4.79 Å². The molecule has 0 saturated heterocycles. The van der Waals surface area contributed by atoms with Gasteiger partial charge in [-0.15, -0.1) is 0 Å². The molecular weight excluding hydrogens is 164 g/mol. The Balaban J connectivity index is 2.63. The first-order chi connectivity index (χ1) is 6.77. The second-order valence-corrected chi connectivity index (χ2v) is 3.09. The second-order valence-electron chi connectivity index (χ2n) is 3.09. The van der Waals surface area contributed by atoms with Crippen LogP contribution >= 0.6 is 0 Å². The quantitative estimate of drug-likeness (QED) is 0.771. The zero-order chi connectivity index (χ0) is 10.4. The largest absolute Gasteiger partial charge is 0.478 e. The zero-order valence-electron chi connectivity index (χ0n) is 8.75. The van der Waals surface area contributed by atoms with Crippen molar-refractivity contribution < 1.29 is 9.90 Å². The van der Waals surface area contributed by atoms with Crippen LogP contribution in [0.25, 0.3) is 1.43 Å². The smallest absolute Gasteiger partial charge is 0.335 e. The average molecular weight is 179 g/mol. The minimum Gasteiger partial charge on any atom is -0.478 e. The van der Waals surface area contributed by atoms with Crippen LogP contribution in [0, 0.1) is 0 Å². The van der Waals surface area contributed by atoms with Gasteiger partial charge in [-0.05, 0) is 30.5 Å². The molecule has 0 aromatic heterocycles. The Morgan fingerprint density at radius 1 is 1.46 bits per heavy atom. The number of benzene rings is 1. The number of aryl methyl sites for hydroxylation is 1. The first-order valence-electron chi connectivity index (χ1n) is 4.95. The number of rotatable bonds is 4. The van der Waals surface area contributed by atoms with Crippen LogP contribution in [0.15, 0.2) is 24.3 Å². The molecule has 0 amide bonds. The van der Waals surface area contributed by atoms with E-state index in [0.29, 0.717) is 5.56 Å². The fourth-order valence-electron chi connectivity index (χ4n) is 1.19. The SMILES string of the molecule is [2H]OC(=O)c1ccc(CCCC)cc1. The highest BCUT2D eigenvalue weighted by Gasteiger charge is 2.00. The van der Waals surface area contributed by atoms with E-state index in [4.69, 9.17) is 1.43 Å². The van der Waals surface area contributed by atoms with Crippen molar-refractivity contribution in [2.75, 3.05) is 0 Å². The topological polar surface area (TPSA) is 37.3 Å². The van der Waals surface area contributed by atoms with Gasteiger partial charge in [0, 0.05) is 0 Å². The van der Waals surface area contributed by atoms with Crippen LogP contribution in [0.4, 0.5) is 0 Å². The molecule has 0 aliphatic rings. The number of unbranched alkanes of at least 4 members (excludes halogenated alkanes) is 1. The van der Waals surface area contributed by atoms with Gasteiger partial charge < -0.3 is 5.11 Å². The number of hydrogen-bond donors (Lipinski definition) is 1. The molecule has 1 aromatic carbocycles. The summed E-state index contributed by atoms with van der Waals surface area (Å²) in [6, 6.07) is 7.20. The standard InChI is InChI=1S/C11H14O2/c1-2-3-4-9-5-7-10(8-6-9)11(12)13/h5-8H,2-4H2,1H3,(H,12,13)/i/hD. The maximum absolute atomic E-state index is 10.9. The fraction of sp³-hybridized carbons (Fsp3) is 0.364. The fourth-order valence-corrected chi connectivity index (χ4v) is 1.19. The normalized spacial score (nSPS) is 10.7. The van der Waals surface area contributed by atoms with Crippen molar-refractivity contribution in [2.24, 2.45) is 0 Å². The minimum absolute atomic E-state index is 0.431. The Kier molecular flexibility index (Phi) is 2.97. The molecule has 2 heteroatoms. The van der Waals surface area contributed by atoms with Crippen molar-refractivity contribution in [3.8, 4) is 0 Å². The van der Waals surface area contributed by atoms with Gasteiger partial charge in [0.1, 0.15) is 0 Å². The van der Waals surface area contributed by atoms with E-state index in [1.807, 2.05) is 12.1 Å². The Bertz CT molecular complexity index is 293. The molecule has 0 aliphatic heterocycles. The molecule has 0 spiro atoms. The van der Waals surface area contributed by atoms with E-state index in [0.717, 1.165) is 19.3 Å². The minimum atomic E-state index is -0.605. The van der Waals surface area contributed by atoms with Gasteiger partial charge in [-0.3, -0.25) is 0 Å². The third-order valence-corrected chi connectivity index (χ3v) is 2.01. The van der Waals surface area contributed by atoms with Crippen LogP contribution in [0.2, 0.25) is 0 Å². The molecule has 0 radical (unpaired) electrons. The average Bonchev–Trinajstić information content (AvgIpc) is 2.26. The van der Waals surface area contributed by atoms with Crippen molar-refractivity contribution in [1.82, 2.24) is 0 Å². The van der Waals surface area contributed by atoms with Crippen LogP contribution in [-0.2, 0) is 6.42 Å². The summed E-state index contributed by atoms with van der Waals surface area (Å²) in [6.45, 7) is 2.14. The van der Waals surface area contributed by atoms with Gasteiger partial charge in [-0.25, -0.2) is 4.79 Å². The number of carboxylic acid groups (broad SMARTS) is 1. The van der Waals surface area contributed by atoms with Crippen molar-refractivity contribution in [1.29, 1.82) is 1.43 Å². The van der Waals surface area contributed by atoms with E-state index in [2.05, 4.69) is 12.0 Å². The van der Waals surface area contributed by atoms with E-state index in [1.54, 1.807) is 12.1 Å². The van der Waals surface area contributed by atoms with Crippen molar-refractivity contribution in [3.05, 3.63) is 35.4 Å². The Morgan fingerprint density at radius 2 is 2.15 bits per heavy atom. The molecule has 2 nitrogen and oxygen atoms in total. The molecule has 70 valence electrons. The molecule has 0 fully saturated rings. The van der Waals surface area contributed by atoms with Crippen LogP contribution < -0.4 is 0 Å². The number of hydrogen-bond acceptors (Lipinski definition) is 2. The first-order valence-corrected chi connectivity index (χ1v) is 4.54. The summed E-state index contributed by atoms with van der Waals surface area (Å²) in [5.74, 6) is -0.605. The lowest BCUT2D eigenvalue weighted by atomic mass is 10.1. The Hall–Kier alpha value is -1.31. The van der Waals surface area contributed by atoms with Crippen LogP contribution in [0.5, 0.6) is 0 Å². The molecule has 1 rings (SSSR count). The number of carboxylic acids is 1. The summed E-state index contributed by atoms with van der Waals surface area (Å²) >= 11 is 0. The van der Waals surface area contributed by atoms with E-state index in [-0.39, 0.29) is 0 Å². The molecule has 0 atom stereocenters. The second kappa shape index (κ2) is 4.65. The molecule has 1 aromatic rings. The van der Waals surface area contributed by atoms with Gasteiger partial charge in [0.25, 0.3) is 1.43 Å².